The second-order valence-electron chi connectivity index (χ2n) is 4.37. The number of ether oxygens (including phenoxy) is 1. The summed E-state index contributed by atoms with van der Waals surface area (Å²) in [6.07, 6.45) is -2.40. The second-order valence-corrected chi connectivity index (χ2v) is 4.37. The molecule has 0 bridgehead atoms. The van der Waals surface area contributed by atoms with Crippen molar-refractivity contribution in [3.05, 3.63) is 59.1 Å². The van der Waals surface area contributed by atoms with Gasteiger partial charge in [-0.05, 0) is 30.7 Å². The number of rotatable bonds is 4. The van der Waals surface area contributed by atoms with Gasteiger partial charge in [-0.1, -0.05) is 12.1 Å². The summed E-state index contributed by atoms with van der Waals surface area (Å²) in [4.78, 5) is 0. The Kier molecular flexibility index (Phi) is 4.32. The molecule has 0 aliphatic heterocycles. The number of hydrogen-bond donors (Lipinski definition) is 1. The molecule has 112 valence electrons. The highest BCUT2D eigenvalue weighted by molar-refractivity contribution is 5.37. The van der Waals surface area contributed by atoms with Gasteiger partial charge in [-0.15, -0.1) is 0 Å². The number of hydrogen-bond acceptors (Lipinski definition) is 3. The van der Waals surface area contributed by atoms with Crippen molar-refractivity contribution in [1.82, 2.24) is 0 Å². The topological polar surface area (TPSA) is 62.2 Å². The predicted octanol–water partition coefficient (Wildman–Crippen LogP) is 2.63. The van der Waals surface area contributed by atoms with Gasteiger partial charge in [0.15, 0.2) is 6.20 Å². The molecule has 2 aromatic rings. The molecular formula is C14H13F3N2O2. The van der Waals surface area contributed by atoms with Crippen LogP contribution in [0.1, 0.15) is 11.1 Å². The highest BCUT2D eigenvalue weighted by Crippen LogP contribution is 2.37. The Balaban J connectivity index is 2.28. The van der Waals surface area contributed by atoms with E-state index in [0.29, 0.717) is 19.0 Å². The fraction of sp³-hybridized carbons (Fsp3) is 0.214. The van der Waals surface area contributed by atoms with E-state index in [-0.39, 0.29) is 10.5 Å². The molecule has 1 heterocycles. The number of nitrogens with zero attached hydrogens (tertiary/aromatic N) is 1. The molecule has 0 fully saturated rings. The summed E-state index contributed by atoms with van der Waals surface area (Å²) in [5, 5.41) is 11.2. The second kappa shape index (κ2) is 6.01. The first-order chi connectivity index (χ1) is 9.90. The SMILES string of the molecule is NCCc1ccc(Oc2c[n+]([O-])ccc2C(F)(F)F)cc1. The molecule has 1 aromatic carbocycles. The molecule has 0 saturated heterocycles. The molecule has 2 N–H and O–H groups in total. The lowest BCUT2D eigenvalue weighted by molar-refractivity contribution is -0.606. The lowest BCUT2D eigenvalue weighted by atomic mass is 10.1. The third-order valence-corrected chi connectivity index (χ3v) is 2.79. The van der Waals surface area contributed by atoms with Crippen LogP contribution in [0, 0.1) is 5.21 Å². The van der Waals surface area contributed by atoms with Crippen LogP contribution in [0.2, 0.25) is 0 Å². The Labute approximate surface area is 119 Å². The Bertz CT molecular complexity index is 613. The van der Waals surface area contributed by atoms with Gasteiger partial charge >= 0.3 is 6.18 Å². The lowest BCUT2D eigenvalue weighted by Crippen LogP contribution is -2.26. The summed E-state index contributed by atoms with van der Waals surface area (Å²) in [5.41, 5.74) is 5.37. The maximum Gasteiger partial charge on any atom is 0.420 e. The molecule has 0 spiro atoms. The Morgan fingerprint density at radius 1 is 1.14 bits per heavy atom. The first-order valence-electron chi connectivity index (χ1n) is 6.17. The predicted molar refractivity (Wildman–Crippen MR) is 69.7 cm³/mol. The fourth-order valence-corrected chi connectivity index (χ4v) is 1.79. The third-order valence-electron chi connectivity index (χ3n) is 2.79. The van der Waals surface area contributed by atoms with Crippen molar-refractivity contribution >= 4 is 0 Å². The summed E-state index contributed by atoms with van der Waals surface area (Å²) in [6, 6.07) is 7.18. The van der Waals surface area contributed by atoms with Gasteiger partial charge in [-0.25, -0.2) is 0 Å². The number of benzene rings is 1. The zero-order valence-corrected chi connectivity index (χ0v) is 10.9. The van der Waals surface area contributed by atoms with Crippen molar-refractivity contribution in [2.75, 3.05) is 6.54 Å². The van der Waals surface area contributed by atoms with E-state index in [1.54, 1.807) is 12.1 Å². The third kappa shape index (κ3) is 3.85. The number of pyridine rings is 1. The van der Waals surface area contributed by atoms with Gasteiger partial charge in [0.05, 0.1) is 0 Å². The van der Waals surface area contributed by atoms with Crippen molar-refractivity contribution in [2.45, 2.75) is 12.6 Å². The maximum atomic E-state index is 12.8. The average molecular weight is 298 g/mol. The summed E-state index contributed by atoms with van der Waals surface area (Å²) >= 11 is 0. The van der Waals surface area contributed by atoms with Crippen molar-refractivity contribution in [1.29, 1.82) is 0 Å². The number of halogens is 3. The summed E-state index contributed by atoms with van der Waals surface area (Å²) in [6.45, 7) is 0.479. The first kappa shape index (κ1) is 15.1. The van der Waals surface area contributed by atoms with Gasteiger partial charge in [-0.2, -0.15) is 17.9 Å². The minimum absolute atomic E-state index is 0.215. The first-order valence-corrected chi connectivity index (χ1v) is 6.17. The number of aromatic nitrogens is 1. The molecule has 0 aliphatic rings. The Hall–Kier alpha value is -2.28. The van der Waals surface area contributed by atoms with E-state index in [9.17, 15) is 18.4 Å². The molecular weight excluding hydrogens is 285 g/mol. The molecule has 0 saturated carbocycles. The Morgan fingerprint density at radius 2 is 1.81 bits per heavy atom. The largest absolute Gasteiger partial charge is 0.619 e. The van der Waals surface area contributed by atoms with Crippen LogP contribution in [-0.4, -0.2) is 6.54 Å². The highest BCUT2D eigenvalue weighted by Gasteiger charge is 2.36. The number of alkyl halides is 3. The van der Waals surface area contributed by atoms with Gasteiger partial charge < -0.3 is 15.7 Å². The van der Waals surface area contributed by atoms with E-state index < -0.39 is 17.5 Å². The monoisotopic (exact) mass is 298 g/mol. The van der Waals surface area contributed by atoms with Gasteiger partial charge in [-0.3, -0.25) is 0 Å². The molecule has 21 heavy (non-hydrogen) atoms. The normalized spacial score (nSPS) is 11.4. The minimum atomic E-state index is -4.59. The zero-order chi connectivity index (χ0) is 15.5. The molecule has 0 amide bonds. The molecule has 0 aliphatic carbocycles. The molecule has 0 unspecified atom stereocenters. The summed E-state index contributed by atoms with van der Waals surface area (Å²) in [7, 11) is 0. The smallest absolute Gasteiger partial charge is 0.420 e. The van der Waals surface area contributed by atoms with E-state index >= 15 is 0 Å². The van der Waals surface area contributed by atoms with Gasteiger partial charge in [0, 0.05) is 6.07 Å². The van der Waals surface area contributed by atoms with Crippen molar-refractivity contribution in [2.24, 2.45) is 5.73 Å². The average Bonchev–Trinajstić information content (AvgIpc) is 2.40. The van der Waals surface area contributed by atoms with Gasteiger partial charge in [0.25, 0.3) is 0 Å². The van der Waals surface area contributed by atoms with E-state index in [2.05, 4.69) is 0 Å². The molecule has 0 radical (unpaired) electrons. The highest BCUT2D eigenvalue weighted by atomic mass is 19.4. The van der Waals surface area contributed by atoms with Crippen molar-refractivity contribution < 1.29 is 22.6 Å². The van der Waals surface area contributed by atoms with Crippen LogP contribution in [-0.2, 0) is 12.6 Å². The summed E-state index contributed by atoms with van der Waals surface area (Å²) in [5.74, 6) is -0.320. The maximum absolute atomic E-state index is 12.8. The van der Waals surface area contributed by atoms with Crippen molar-refractivity contribution in [3.63, 3.8) is 0 Å². The van der Waals surface area contributed by atoms with Crippen LogP contribution in [0.5, 0.6) is 11.5 Å². The van der Waals surface area contributed by atoms with E-state index in [1.807, 2.05) is 0 Å². The zero-order valence-electron chi connectivity index (χ0n) is 10.9. The Morgan fingerprint density at radius 3 is 2.38 bits per heavy atom. The van der Waals surface area contributed by atoms with E-state index in [0.717, 1.165) is 18.0 Å². The van der Waals surface area contributed by atoms with Crippen LogP contribution >= 0.6 is 0 Å². The molecule has 0 atom stereocenters. The molecule has 1 aromatic heterocycles. The van der Waals surface area contributed by atoms with Crippen LogP contribution in [0.15, 0.2) is 42.7 Å². The van der Waals surface area contributed by atoms with Gasteiger partial charge in [0.2, 0.25) is 11.9 Å². The standard InChI is InChI=1S/C14H13F3N2O2/c15-14(16,17)12-6-8-19(20)9-13(12)21-11-3-1-10(2-4-11)5-7-18/h1-4,6,8-9H,5,7,18H2. The van der Waals surface area contributed by atoms with Crippen LogP contribution in [0.4, 0.5) is 13.2 Å². The molecule has 7 heteroatoms. The molecule has 2 rings (SSSR count). The van der Waals surface area contributed by atoms with E-state index in [1.165, 1.54) is 12.1 Å². The van der Waals surface area contributed by atoms with E-state index in [4.69, 9.17) is 10.5 Å². The van der Waals surface area contributed by atoms with Crippen molar-refractivity contribution in [3.8, 4) is 11.5 Å². The van der Waals surface area contributed by atoms with Crippen LogP contribution in [0.25, 0.3) is 0 Å². The van der Waals surface area contributed by atoms with Gasteiger partial charge in [0.1, 0.15) is 11.3 Å². The fourth-order valence-electron chi connectivity index (χ4n) is 1.79. The summed E-state index contributed by atoms with van der Waals surface area (Å²) < 4.78 is 44.0. The van der Waals surface area contributed by atoms with Crippen LogP contribution in [0.3, 0.4) is 0 Å². The minimum Gasteiger partial charge on any atom is -0.619 e. The lowest BCUT2D eigenvalue weighted by Gasteiger charge is -2.12. The quantitative estimate of drug-likeness (QED) is 0.697. The van der Waals surface area contributed by atoms with Crippen LogP contribution < -0.4 is 15.2 Å². The number of nitrogens with two attached hydrogens (primary N) is 1. The molecule has 4 nitrogen and oxygen atoms in total.